The SMILES string of the molecule is CCCCCCCCCCCC=CCCCC(O)C(O)CO. The third-order valence-corrected chi connectivity index (χ3v) is 4.14. The molecule has 3 N–H and O–H groups in total. The second-order valence-electron chi connectivity index (χ2n) is 6.34. The van der Waals surface area contributed by atoms with Crippen LogP contribution in [0.15, 0.2) is 12.2 Å². The number of rotatable bonds is 16. The van der Waals surface area contributed by atoms with Crippen LogP contribution in [-0.4, -0.2) is 34.1 Å². The van der Waals surface area contributed by atoms with Crippen molar-refractivity contribution in [3.05, 3.63) is 12.2 Å². The number of aliphatic hydroxyl groups is 3. The molecule has 0 aromatic carbocycles. The molecule has 2 unspecified atom stereocenters. The van der Waals surface area contributed by atoms with E-state index in [4.69, 9.17) is 5.11 Å². The molecule has 0 saturated carbocycles. The molecule has 3 nitrogen and oxygen atoms in total. The van der Waals surface area contributed by atoms with Crippen LogP contribution in [0.2, 0.25) is 0 Å². The van der Waals surface area contributed by atoms with Crippen LogP contribution in [0.25, 0.3) is 0 Å². The maximum Gasteiger partial charge on any atom is 0.103 e. The fraction of sp³-hybridized carbons (Fsp3) is 0.895. The Labute approximate surface area is 137 Å². The number of allylic oxidation sites excluding steroid dienone is 2. The van der Waals surface area contributed by atoms with Gasteiger partial charge in [-0.05, 0) is 32.1 Å². The lowest BCUT2D eigenvalue weighted by Crippen LogP contribution is -2.28. The predicted molar refractivity (Wildman–Crippen MR) is 93.9 cm³/mol. The van der Waals surface area contributed by atoms with E-state index in [0.29, 0.717) is 6.42 Å². The van der Waals surface area contributed by atoms with Crippen molar-refractivity contribution in [3.8, 4) is 0 Å². The summed E-state index contributed by atoms with van der Waals surface area (Å²) in [5.41, 5.74) is 0. The molecule has 22 heavy (non-hydrogen) atoms. The van der Waals surface area contributed by atoms with Crippen LogP contribution >= 0.6 is 0 Å². The standard InChI is InChI=1S/C19H38O3/c1-2-3-4-5-6-7-8-9-10-11-12-13-14-15-16-18(21)19(22)17-20/h12-13,18-22H,2-11,14-17H2,1H3. The van der Waals surface area contributed by atoms with Gasteiger partial charge in [0.15, 0.2) is 0 Å². The molecular formula is C19H38O3. The minimum absolute atomic E-state index is 0.365. The molecule has 3 heteroatoms. The topological polar surface area (TPSA) is 60.7 Å². The van der Waals surface area contributed by atoms with Gasteiger partial charge in [0.25, 0.3) is 0 Å². The van der Waals surface area contributed by atoms with Crippen molar-refractivity contribution in [3.63, 3.8) is 0 Å². The average molecular weight is 315 g/mol. The zero-order valence-electron chi connectivity index (χ0n) is 14.6. The zero-order chi connectivity index (χ0) is 16.5. The summed E-state index contributed by atoms with van der Waals surface area (Å²) in [5, 5.41) is 27.4. The lowest BCUT2D eigenvalue weighted by molar-refractivity contribution is -0.0181. The molecule has 0 aromatic rings. The highest BCUT2D eigenvalue weighted by atomic mass is 16.4. The Morgan fingerprint density at radius 2 is 1.18 bits per heavy atom. The van der Waals surface area contributed by atoms with Gasteiger partial charge in [0.05, 0.1) is 12.7 Å². The average Bonchev–Trinajstić information content (AvgIpc) is 2.54. The van der Waals surface area contributed by atoms with E-state index in [1.807, 2.05) is 0 Å². The van der Waals surface area contributed by atoms with Crippen molar-refractivity contribution in [2.24, 2.45) is 0 Å². The van der Waals surface area contributed by atoms with E-state index in [9.17, 15) is 10.2 Å². The summed E-state index contributed by atoms with van der Waals surface area (Å²) in [7, 11) is 0. The first-order valence-electron chi connectivity index (χ1n) is 9.34. The summed E-state index contributed by atoms with van der Waals surface area (Å²) in [6.45, 7) is 1.89. The van der Waals surface area contributed by atoms with Crippen LogP contribution in [-0.2, 0) is 0 Å². The van der Waals surface area contributed by atoms with Crippen LogP contribution < -0.4 is 0 Å². The van der Waals surface area contributed by atoms with Gasteiger partial charge in [-0.15, -0.1) is 0 Å². The van der Waals surface area contributed by atoms with E-state index in [2.05, 4.69) is 19.1 Å². The van der Waals surface area contributed by atoms with Gasteiger partial charge in [-0.3, -0.25) is 0 Å². The van der Waals surface area contributed by atoms with Crippen LogP contribution in [0.5, 0.6) is 0 Å². The number of aliphatic hydroxyl groups excluding tert-OH is 3. The van der Waals surface area contributed by atoms with Crippen LogP contribution in [0.3, 0.4) is 0 Å². The Balaban J connectivity index is 3.21. The molecular weight excluding hydrogens is 276 g/mol. The Morgan fingerprint density at radius 1 is 0.682 bits per heavy atom. The minimum Gasteiger partial charge on any atom is -0.394 e. The summed E-state index contributed by atoms with van der Waals surface area (Å²) in [4.78, 5) is 0. The zero-order valence-corrected chi connectivity index (χ0v) is 14.6. The number of hydrogen-bond donors (Lipinski definition) is 3. The van der Waals surface area contributed by atoms with Crippen molar-refractivity contribution in [2.75, 3.05) is 6.61 Å². The van der Waals surface area contributed by atoms with Crippen molar-refractivity contribution in [1.29, 1.82) is 0 Å². The maximum atomic E-state index is 9.47. The third kappa shape index (κ3) is 14.6. The van der Waals surface area contributed by atoms with Crippen molar-refractivity contribution >= 4 is 0 Å². The molecule has 0 spiro atoms. The smallest absolute Gasteiger partial charge is 0.103 e. The minimum atomic E-state index is -0.994. The fourth-order valence-electron chi connectivity index (χ4n) is 2.57. The lowest BCUT2D eigenvalue weighted by Gasteiger charge is -2.14. The molecule has 0 aromatic heterocycles. The highest BCUT2D eigenvalue weighted by Crippen LogP contribution is 2.11. The first-order chi connectivity index (χ1) is 10.7. The van der Waals surface area contributed by atoms with E-state index in [1.54, 1.807) is 0 Å². The van der Waals surface area contributed by atoms with Crippen LogP contribution in [0.1, 0.15) is 90.4 Å². The first kappa shape index (κ1) is 21.6. The molecule has 0 heterocycles. The Hall–Kier alpha value is -0.380. The Bertz CT molecular complexity index is 241. The molecule has 0 aliphatic heterocycles. The van der Waals surface area contributed by atoms with Gasteiger partial charge in [-0.1, -0.05) is 70.4 Å². The molecule has 0 aliphatic rings. The van der Waals surface area contributed by atoms with E-state index < -0.39 is 12.2 Å². The van der Waals surface area contributed by atoms with E-state index in [0.717, 1.165) is 19.3 Å². The van der Waals surface area contributed by atoms with Gasteiger partial charge in [0, 0.05) is 0 Å². The van der Waals surface area contributed by atoms with Crippen molar-refractivity contribution in [2.45, 2.75) is 103 Å². The summed E-state index contributed by atoms with van der Waals surface area (Å²) >= 11 is 0. The van der Waals surface area contributed by atoms with Crippen molar-refractivity contribution in [1.82, 2.24) is 0 Å². The molecule has 0 rings (SSSR count). The molecule has 0 aliphatic carbocycles. The van der Waals surface area contributed by atoms with Gasteiger partial charge in [-0.2, -0.15) is 0 Å². The molecule has 0 fully saturated rings. The fourth-order valence-corrected chi connectivity index (χ4v) is 2.57. The third-order valence-electron chi connectivity index (χ3n) is 4.14. The monoisotopic (exact) mass is 314 g/mol. The molecule has 0 amide bonds. The summed E-state index contributed by atoms with van der Waals surface area (Å²) in [6, 6.07) is 0. The number of unbranched alkanes of at least 4 members (excludes halogenated alkanes) is 10. The Kier molecular flexibility index (Phi) is 16.7. The van der Waals surface area contributed by atoms with Gasteiger partial charge < -0.3 is 15.3 Å². The summed E-state index contributed by atoms with van der Waals surface area (Å²) in [5.74, 6) is 0. The number of hydrogen-bond acceptors (Lipinski definition) is 3. The maximum absolute atomic E-state index is 9.47. The van der Waals surface area contributed by atoms with E-state index in [-0.39, 0.29) is 6.61 Å². The molecule has 0 bridgehead atoms. The van der Waals surface area contributed by atoms with Gasteiger partial charge >= 0.3 is 0 Å². The summed E-state index contributed by atoms with van der Waals surface area (Å²) < 4.78 is 0. The quantitative estimate of drug-likeness (QED) is 0.293. The largest absolute Gasteiger partial charge is 0.394 e. The van der Waals surface area contributed by atoms with Crippen LogP contribution in [0, 0.1) is 0 Å². The second-order valence-corrected chi connectivity index (χ2v) is 6.34. The molecule has 2 atom stereocenters. The predicted octanol–water partition coefficient (Wildman–Crippen LogP) is 4.35. The second kappa shape index (κ2) is 17.0. The van der Waals surface area contributed by atoms with Gasteiger partial charge in [0.2, 0.25) is 0 Å². The first-order valence-corrected chi connectivity index (χ1v) is 9.34. The highest BCUT2D eigenvalue weighted by Gasteiger charge is 2.13. The van der Waals surface area contributed by atoms with E-state index in [1.165, 1.54) is 57.8 Å². The van der Waals surface area contributed by atoms with Crippen molar-refractivity contribution < 1.29 is 15.3 Å². The van der Waals surface area contributed by atoms with Gasteiger partial charge in [-0.25, -0.2) is 0 Å². The highest BCUT2D eigenvalue weighted by molar-refractivity contribution is 4.82. The molecule has 0 radical (unpaired) electrons. The van der Waals surface area contributed by atoms with Gasteiger partial charge in [0.1, 0.15) is 6.10 Å². The molecule has 0 saturated heterocycles. The van der Waals surface area contributed by atoms with E-state index >= 15 is 0 Å². The summed E-state index contributed by atoms with van der Waals surface area (Å²) in [6.07, 6.45) is 18.4. The molecule has 132 valence electrons. The Morgan fingerprint density at radius 3 is 1.73 bits per heavy atom. The normalized spacial score (nSPS) is 14.5. The van der Waals surface area contributed by atoms with Crippen LogP contribution in [0.4, 0.5) is 0 Å². The lowest BCUT2D eigenvalue weighted by atomic mass is 10.1.